The van der Waals surface area contributed by atoms with E-state index in [2.05, 4.69) is 41.5 Å². The molecule has 4 aliphatic carbocycles. The van der Waals surface area contributed by atoms with Crippen molar-refractivity contribution in [2.24, 2.45) is 58.2 Å². The number of hydrogen-bond donors (Lipinski definition) is 2. The number of Topliss-reactive ketones (excluding diaryl/α,β-unsaturated/α-hetero) is 1. The highest BCUT2D eigenvalue weighted by molar-refractivity contribution is 5.83. The van der Waals surface area contributed by atoms with Crippen molar-refractivity contribution in [3.05, 3.63) is 0 Å². The van der Waals surface area contributed by atoms with Gasteiger partial charge in [-0.05, 0) is 104 Å². The predicted molar refractivity (Wildman–Crippen MR) is 183 cm³/mol. The lowest BCUT2D eigenvalue weighted by molar-refractivity contribution is -0.171. The van der Waals surface area contributed by atoms with Gasteiger partial charge in [0.25, 0.3) is 0 Å². The molecule has 0 amide bonds. The Morgan fingerprint density at radius 1 is 0.822 bits per heavy atom. The van der Waals surface area contributed by atoms with Crippen LogP contribution < -0.4 is 0 Å². The Hall–Kier alpha value is -0.940. The molecule has 0 aliphatic heterocycles. The molecule has 260 valence electrons. The second kappa shape index (κ2) is 16.0. The van der Waals surface area contributed by atoms with Gasteiger partial charge in [-0.3, -0.25) is 9.59 Å². The molecule has 12 unspecified atom stereocenters. The predicted octanol–water partition coefficient (Wildman–Crippen LogP) is 9.31. The van der Waals surface area contributed by atoms with Gasteiger partial charge in [0.1, 0.15) is 11.9 Å². The Labute approximate surface area is 276 Å². The monoisotopic (exact) mass is 631 g/mol. The molecule has 4 rings (SSSR count). The molecule has 4 fully saturated rings. The number of ether oxygens (including phenoxy) is 1. The zero-order valence-electron chi connectivity index (χ0n) is 30.2. The van der Waals surface area contributed by atoms with Crippen LogP contribution in [-0.2, 0) is 14.3 Å². The van der Waals surface area contributed by atoms with E-state index in [0.717, 1.165) is 51.4 Å². The van der Waals surface area contributed by atoms with Gasteiger partial charge in [0.2, 0.25) is 0 Å². The highest BCUT2D eigenvalue weighted by Gasteiger charge is 2.63. The molecule has 4 aliphatic rings. The average Bonchev–Trinajstić information content (AvgIpc) is 3.36. The number of fused-ring (bicyclic) bond motifs is 5. The van der Waals surface area contributed by atoms with Crippen LogP contribution in [0.15, 0.2) is 0 Å². The summed E-state index contributed by atoms with van der Waals surface area (Å²) in [6.45, 7) is 15.5. The quantitative estimate of drug-likeness (QED) is 0.131. The number of ketones is 1. The van der Waals surface area contributed by atoms with Crippen molar-refractivity contribution in [2.45, 2.75) is 182 Å². The van der Waals surface area contributed by atoms with Crippen molar-refractivity contribution in [1.82, 2.24) is 0 Å². The van der Waals surface area contributed by atoms with Crippen LogP contribution in [0, 0.1) is 58.2 Å². The molecule has 5 nitrogen and oxygen atoms in total. The minimum Gasteiger partial charge on any atom is -0.462 e. The Bertz CT molecular complexity index is 962. The van der Waals surface area contributed by atoms with Gasteiger partial charge in [0.15, 0.2) is 0 Å². The molecule has 12 atom stereocenters. The number of hydrogen-bond acceptors (Lipinski definition) is 5. The molecule has 0 bridgehead atoms. The summed E-state index contributed by atoms with van der Waals surface area (Å²) in [5.41, 5.74) is 0.0983. The summed E-state index contributed by atoms with van der Waals surface area (Å²) in [4.78, 5) is 26.6. The SMILES string of the molecule is CCCCCCCCCCCC(=O)OC1CCC2(C)C(C1)C(=O)CC1C2CCC2(C)C(C(C)C(O)C(O)C(C)C(C)C)CCC12. The first-order chi connectivity index (χ1) is 21.3. The third-order valence-electron chi connectivity index (χ3n) is 14.4. The van der Waals surface area contributed by atoms with E-state index in [0.29, 0.717) is 54.6 Å². The molecule has 0 spiro atoms. The van der Waals surface area contributed by atoms with E-state index in [-0.39, 0.29) is 40.7 Å². The highest BCUT2D eigenvalue weighted by atomic mass is 16.5. The molecular weight excluding hydrogens is 560 g/mol. The summed E-state index contributed by atoms with van der Waals surface area (Å²) in [7, 11) is 0. The third-order valence-corrected chi connectivity index (χ3v) is 14.4. The topological polar surface area (TPSA) is 83.8 Å². The number of rotatable bonds is 16. The maximum absolute atomic E-state index is 13.9. The molecule has 0 aromatic heterocycles. The Morgan fingerprint density at radius 3 is 2.07 bits per heavy atom. The maximum Gasteiger partial charge on any atom is 0.306 e. The van der Waals surface area contributed by atoms with E-state index >= 15 is 0 Å². The fourth-order valence-electron chi connectivity index (χ4n) is 11.1. The first-order valence-corrected chi connectivity index (χ1v) is 19.4. The lowest BCUT2D eigenvalue weighted by atomic mass is 9.44. The normalized spacial score (nSPS) is 37.3. The molecular formula is C40H70O5. The zero-order valence-corrected chi connectivity index (χ0v) is 30.2. The Balaban J connectivity index is 1.29. The summed E-state index contributed by atoms with van der Waals surface area (Å²) in [5, 5.41) is 22.3. The summed E-state index contributed by atoms with van der Waals surface area (Å²) in [6, 6.07) is 0. The lowest BCUT2D eigenvalue weighted by Crippen LogP contribution is -2.57. The molecule has 0 heterocycles. The fourth-order valence-corrected chi connectivity index (χ4v) is 11.1. The van der Waals surface area contributed by atoms with Crippen LogP contribution in [0.3, 0.4) is 0 Å². The van der Waals surface area contributed by atoms with Crippen molar-refractivity contribution >= 4 is 11.8 Å². The summed E-state index contributed by atoms with van der Waals surface area (Å²) in [6.07, 6.45) is 17.8. The van der Waals surface area contributed by atoms with Gasteiger partial charge in [-0.2, -0.15) is 0 Å². The molecule has 0 aromatic rings. The number of esters is 1. The van der Waals surface area contributed by atoms with Gasteiger partial charge in [-0.15, -0.1) is 0 Å². The molecule has 5 heteroatoms. The second-order valence-electron chi connectivity index (χ2n) is 17.2. The van der Waals surface area contributed by atoms with Crippen molar-refractivity contribution in [2.75, 3.05) is 0 Å². The van der Waals surface area contributed by atoms with Crippen LogP contribution in [-0.4, -0.2) is 40.3 Å². The van der Waals surface area contributed by atoms with E-state index in [9.17, 15) is 19.8 Å². The summed E-state index contributed by atoms with van der Waals surface area (Å²) in [5.74, 6) is 2.59. The fraction of sp³-hybridized carbons (Fsp3) is 0.950. The smallest absolute Gasteiger partial charge is 0.306 e. The van der Waals surface area contributed by atoms with Gasteiger partial charge in [0.05, 0.1) is 12.2 Å². The summed E-state index contributed by atoms with van der Waals surface area (Å²) >= 11 is 0. The van der Waals surface area contributed by atoms with Crippen LogP contribution >= 0.6 is 0 Å². The van der Waals surface area contributed by atoms with Gasteiger partial charge in [-0.25, -0.2) is 0 Å². The van der Waals surface area contributed by atoms with Crippen molar-refractivity contribution in [3.63, 3.8) is 0 Å². The zero-order chi connectivity index (χ0) is 32.9. The number of carbonyl (C=O) groups excluding carboxylic acids is 2. The number of aliphatic hydroxyl groups excluding tert-OH is 2. The van der Waals surface area contributed by atoms with Crippen molar-refractivity contribution in [1.29, 1.82) is 0 Å². The van der Waals surface area contributed by atoms with E-state index < -0.39 is 12.2 Å². The number of carbonyl (C=O) groups is 2. The maximum atomic E-state index is 13.9. The van der Waals surface area contributed by atoms with Crippen LogP contribution in [0.4, 0.5) is 0 Å². The number of unbranched alkanes of at least 4 members (excludes halogenated alkanes) is 8. The molecule has 0 aromatic carbocycles. The minimum atomic E-state index is -0.714. The summed E-state index contributed by atoms with van der Waals surface area (Å²) < 4.78 is 6.01. The van der Waals surface area contributed by atoms with E-state index in [1.165, 1.54) is 44.9 Å². The van der Waals surface area contributed by atoms with Crippen LogP contribution in [0.25, 0.3) is 0 Å². The van der Waals surface area contributed by atoms with Crippen LogP contribution in [0.5, 0.6) is 0 Å². The van der Waals surface area contributed by atoms with Crippen molar-refractivity contribution in [3.8, 4) is 0 Å². The number of aliphatic hydroxyl groups is 2. The largest absolute Gasteiger partial charge is 0.462 e. The first-order valence-electron chi connectivity index (χ1n) is 19.4. The Kier molecular flexibility index (Phi) is 13.1. The first kappa shape index (κ1) is 36.9. The minimum absolute atomic E-state index is 0.00647. The van der Waals surface area contributed by atoms with Gasteiger partial charge in [-0.1, -0.05) is 99.8 Å². The van der Waals surface area contributed by atoms with Gasteiger partial charge >= 0.3 is 5.97 Å². The van der Waals surface area contributed by atoms with Gasteiger partial charge in [0, 0.05) is 18.8 Å². The molecule has 45 heavy (non-hydrogen) atoms. The molecule has 0 saturated heterocycles. The molecule has 4 saturated carbocycles. The second-order valence-corrected chi connectivity index (χ2v) is 17.2. The van der Waals surface area contributed by atoms with E-state index in [1.54, 1.807) is 0 Å². The van der Waals surface area contributed by atoms with Gasteiger partial charge < -0.3 is 14.9 Å². The average molecular weight is 631 g/mol. The highest BCUT2D eigenvalue weighted by Crippen LogP contribution is 2.68. The molecule has 0 radical (unpaired) electrons. The molecule has 2 N–H and O–H groups in total. The standard InChI is InChI=1S/C40H70O5/c1-8-9-10-11-12-13-14-15-16-17-36(42)45-29-20-22-40(7)33-21-23-39(6)31(28(5)38(44)37(43)27(4)26(2)3)18-19-32(39)30(33)25-35(41)34(40)24-29/h26-34,37-38,43-44H,8-25H2,1-7H3. The van der Waals surface area contributed by atoms with E-state index in [1.807, 2.05) is 6.92 Å². The van der Waals surface area contributed by atoms with Crippen molar-refractivity contribution < 1.29 is 24.5 Å². The van der Waals surface area contributed by atoms with Crippen LogP contribution in [0.2, 0.25) is 0 Å². The van der Waals surface area contributed by atoms with Crippen LogP contribution in [0.1, 0.15) is 164 Å². The lowest BCUT2D eigenvalue weighted by Gasteiger charge is -2.60. The van der Waals surface area contributed by atoms with E-state index in [4.69, 9.17) is 4.74 Å². The Morgan fingerprint density at radius 2 is 1.42 bits per heavy atom. The third kappa shape index (κ3) is 8.03.